The Labute approximate surface area is 586 Å². The summed E-state index contributed by atoms with van der Waals surface area (Å²) in [5, 5.41) is 2.39. The normalized spacial score (nSPS) is 13.0. The lowest BCUT2D eigenvalue weighted by atomic mass is 9.33. The fourth-order valence-corrected chi connectivity index (χ4v) is 15.4. The van der Waals surface area contributed by atoms with Crippen LogP contribution >= 0.6 is 0 Å². The predicted octanol–water partition coefficient (Wildman–Crippen LogP) is 24.2. The summed E-state index contributed by atoms with van der Waals surface area (Å²) in [6.45, 7) is 28.0. The average molecular weight is 1280 g/mol. The number of para-hydroxylation sites is 3. The molecule has 0 aliphatic carbocycles. The van der Waals surface area contributed by atoms with Gasteiger partial charge in [0.05, 0.1) is 22.4 Å². The van der Waals surface area contributed by atoms with E-state index in [1.54, 1.807) is 0 Å². The minimum absolute atomic E-state index is 0.0446. The average Bonchev–Trinajstić information content (AvgIpc) is 0.930. The SMILES string of the molecule is CC(C)(C)c1cccc(-c2ccc3c(c2)N(c2c(-c4ccccc4)cc(C(C)(C)C)cc2-c2ccccc2)c2cc(C(C)(C)C)cc4c2B3c2ccc(-n3c5ccccc5c5cc(N(c6ccccc6)c6ccccc6)ccc53)cc2N4c2ccc(C(C)(C)C)cc2-c2ccccc2)c1. The maximum atomic E-state index is 2.72. The van der Waals surface area contributed by atoms with Crippen LogP contribution in [0.25, 0.3) is 72.0 Å². The van der Waals surface area contributed by atoms with Crippen molar-refractivity contribution in [2.75, 3.05) is 14.7 Å². The first-order valence-corrected chi connectivity index (χ1v) is 35.3. The maximum absolute atomic E-state index is 2.72. The molecule has 2 aliphatic rings. The topological polar surface area (TPSA) is 14.7 Å². The Morgan fingerprint density at radius 2 is 0.727 bits per heavy atom. The summed E-state index contributed by atoms with van der Waals surface area (Å²) in [6.07, 6.45) is 0. The molecule has 99 heavy (non-hydrogen) atoms. The second kappa shape index (κ2) is 24.0. The zero-order valence-corrected chi connectivity index (χ0v) is 59.2. The summed E-state index contributed by atoms with van der Waals surface area (Å²) < 4.78 is 2.52. The number of rotatable bonds is 10. The number of fused-ring (bicyclic) bond motifs is 7. The largest absolute Gasteiger partial charge is 0.311 e. The van der Waals surface area contributed by atoms with Gasteiger partial charge in [-0.05, 0) is 191 Å². The molecular formula is C94H85BN4. The molecule has 3 heterocycles. The van der Waals surface area contributed by atoms with E-state index >= 15 is 0 Å². The fourth-order valence-electron chi connectivity index (χ4n) is 15.4. The van der Waals surface area contributed by atoms with Crippen LogP contribution < -0.4 is 31.1 Å². The van der Waals surface area contributed by atoms with Gasteiger partial charge in [0.15, 0.2) is 0 Å². The van der Waals surface area contributed by atoms with Gasteiger partial charge in [-0.1, -0.05) is 277 Å². The van der Waals surface area contributed by atoms with E-state index in [1.165, 1.54) is 111 Å². The number of hydrogen-bond donors (Lipinski definition) is 0. The summed E-state index contributed by atoms with van der Waals surface area (Å²) in [5.41, 5.74) is 31.4. The van der Waals surface area contributed by atoms with Crippen molar-refractivity contribution in [3.05, 3.63) is 320 Å². The molecule has 0 spiro atoms. The molecule has 0 N–H and O–H groups in total. The Morgan fingerprint density at radius 1 is 0.273 bits per heavy atom. The zero-order chi connectivity index (χ0) is 68.3. The lowest BCUT2D eigenvalue weighted by Gasteiger charge is -2.46. The Balaban J connectivity index is 1.03. The number of benzene rings is 13. The molecule has 0 atom stereocenters. The molecule has 0 unspecified atom stereocenters. The summed E-state index contributed by atoms with van der Waals surface area (Å²) in [7, 11) is 0. The van der Waals surface area contributed by atoms with Crippen LogP contribution in [0.1, 0.15) is 105 Å². The molecule has 0 bridgehead atoms. The van der Waals surface area contributed by atoms with E-state index in [9.17, 15) is 0 Å². The van der Waals surface area contributed by atoms with Crippen LogP contribution in [0.4, 0.5) is 51.2 Å². The van der Waals surface area contributed by atoms with E-state index in [2.05, 4.69) is 400 Å². The van der Waals surface area contributed by atoms with Crippen molar-refractivity contribution >= 4 is 96.1 Å². The second-order valence-corrected chi connectivity index (χ2v) is 31.4. The Bertz CT molecular complexity index is 5310. The first-order valence-electron chi connectivity index (χ1n) is 35.3. The van der Waals surface area contributed by atoms with Crippen LogP contribution in [0.2, 0.25) is 0 Å². The number of hydrogen-bond acceptors (Lipinski definition) is 3. The summed E-state index contributed by atoms with van der Waals surface area (Å²) in [5.74, 6) is 0. The van der Waals surface area contributed by atoms with Crippen molar-refractivity contribution in [2.24, 2.45) is 0 Å². The third-order valence-corrected chi connectivity index (χ3v) is 20.7. The van der Waals surface area contributed by atoms with Crippen molar-refractivity contribution in [3.63, 3.8) is 0 Å². The highest BCUT2D eigenvalue weighted by Gasteiger charge is 2.46. The molecule has 16 rings (SSSR count). The standard InChI is InChI=1S/C94H85BN4/c1-91(2,3)67-38-30-37-65(53-67)66-45-49-80-85(54-66)99(90-77(63-33-20-14-21-34-63)56-69(93(7,8)9)57-78(90)64-35-22-15-23-36-64)88-59-70(94(10,11)12)58-87-89(88)95(80)81-50-47-74(61-86(81)98(87)83-51-46-68(92(4,5)6)55-76(83)62-31-18-13-19-32-62)97-82-44-29-28-43-75(82)79-60-73(48-52-84(79)97)96(71-39-24-16-25-40-71)72-41-26-17-27-42-72/h13-61H,1-12H3. The van der Waals surface area contributed by atoms with Gasteiger partial charge in [-0.25, -0.2) is 0 Å². The van der Waals surface area contributed by atoms with Crippen molar-refractivity contribution in [2.45, 2.75) is 105 Å². The Kier molecular flexibility index (Phi) is 15.2. The lowest BCUT2D eigenvalue weighted by molar-refractivity contribution is 0.590. The molecule has 14 aromatic rings. The van der Waals surface area contributed by atoms with Crippen LogP contribution in [0.15, 0.2) is 297 Å². The minimum atomic E-state index is -0.284. The molecule has 0 fully saturated rings. The van der Waals surface area contributed by atoms with Crippen LogP contribution in [0.5, 0.6) is 0 Å². The predicted molar refractivity (Wildman–Crippen MR) is 426 cm³/mol. The molecule has 0 amide bonds. The highest BCUT2D eigenvalue weighted by atomic mass is 15.2. The van der Waals surface area contributed by atoms with Crippen molar-refractivity contribution in [1.29, 1.82) is 0 Å². The minimum Gasteiger partial charge on any atom is -0.311 e. The molecule has 4 nitrogen and oxygen atoms in total. The molecule has 0 radical (unpaired) electrons. The molecule has 0 saturated carbocycles. The van der Waals surface area contributed by atoms with Crippen LogP contribution in [0, 0.1) is 0 Å². The van der Waals surface area contributed by atoms with Crippen molar-refractivity contribution < 1.29 is 0 Å². The summed E-state index contributed by atoms with van der Waals surface area (Å²) in [6, 6.07) is 113. The summed E-state index contributed by atoms with van der Waals surface area (Å²) in [4.78, 5) is 7.77. The van der Waals surface area contributed by atoms with E-state index in [0.29, 0.717) is 0 Å². The first kappa shape index (κ1) is 62.9. The third-order valence-electron chi connectivity index (χ3n) is 20.7. The summed E-state index contributed by atoms with van der Waals surface area (Å²) >= 11 is 0. The number of nitrogens with zero attached hydrogens (tertiary/aromatic N) is 4. The Hall–Kier alpha value is -10.9. The fraction of sp³-hybridized carbons (Fsp3) is 0.170. The highest BCUT2D eigenvalue weighted by molar-refractivity contribution is 7.00. The highest BCUT2D eigenvalue weighted by Crippen LogP contribution is 2.54. The van der Waals surface area contributed by atoms with Crippen molar-refractivity contribution in [3.8, 4) is 50.2 Å². The quantitative estimate of drug-likeness (QED) is 0.127. The third kappa shape index (κ3) is 11.1. The van der Waals surface area contributed by atoms with Crippen LogP contribution in [-0.4, -0.2) is 11.3 Å². The zero-order valence-electron chi connectivity index (χ0n) is 59.2. The van der Waals surface area contributed by atoms with Gasteiger partial charge in [-0.15, -0.1) is 0 Å². The molecule has 2 aliphatic heterocycles. The smallest absolute Gasteiger partial charge is 0.252 e. The molecule has 484 valence electrons. The van der Waals surface area contributed by atoms with Gasteiger partial charge >= 0.3 is 0 Å². The molecule has 1 aromatic heterocycles. The molecular weight excluding hydrogens is 1200 g/mol. The maximum Gasteiger partial charge on any atom is 0.252 e. The van der Waals surface area contributed by atoms with E-state index in [0.717, 1.165) is 50.8 Å². The molecule has 13 aromatic carbocycles. The van der Waals surface area contributed by atoms with Gasteiger partial charge in [-0.3, -0.25) is 0 Å². The van der Waals surface area contributed by atoms with Crippen molar-refractivity contribution in [1.82, 2.24) is 4.57 Å². The van der Waals surface area contributed by atoms with Crippen LogP contribution in [0.3, 0.4) is 0 Å². The van der Waals surface area contributed by atoms with Gasteiger partial charge in [0.25, 0.3) is 6.71 Å². The van der Waals surface area contributed by atoms with E-state index in [-0.39, 0.29) is 28.4 Å². The first-order chi connectivity index (χ1) is 47.7. The number of aromatic nitrogens is 1. The monoisotopic (exact) mass is 1280 g/mol. The molecule has 5 heteroatoms. The molecule has 0 saturated heterocycles. The lowest BCUT2D eigenvalue weighted by Crippen LogP contribution is -2.61. The van der Waals surface area contributed by atoms with E-state index in [4.69, 9.17) is 0 Å². The Morgan fingerprint density at radius 3 is 1.30 bits per heavy atom. The van der Waals surface area contributed by atoms with Gasteiger partial charge in [0, 0.05) is 73.0 Å². The number of anilines is 9. The van der Waals surface area contributed by atoms with Gasteiger partial charge in [0.2, 0.25) is 0 Å². The van der Waals surface area contributed by atoms with Gasteiger partial charge in [0.1, 0.15) is 0 Å². The van der Waals surface area contributed by atoms with Crippen LogP contribution in [-0.2, 0) is 21.7 Å². The van der Waals surface area contributed by atoms with E-state index in [1.807, 2.05) is 0 Å². The van der Waals surface area contributed by atoms with Gasteiger partial charge in [-0.2, -0.15) is 0 Å². The van der Waals surface area contributed by atoms with Gasteiger partial charge < -0.3 is 19.3 Å². The van der Waals surface area contributed by atoms with E-state index < -0.39 is 0 Å². The second-order valence-electron chi connectivity index (χ2n) is 31.4.